The van der Waals surface area contributed by atoms with E-state index in [1.54, 1.807) is 29.2 Å². The second-order valence-corrected chi connectivity index (χ2v) is 7.63. The van der Waals surface area contributed by atoms with Crippen LogP contribution in [0.2, 0.25) is 0 Å². The van der Waals surface area contributed by atoms with Crippen LogP contribution in [0.15, 0.2) is 30.7 Å². The van der Waals surface area contributed by atoms with Crippen LogP contribution < -0.4 is 15.0 Å². The predicted octanol–water partition coefficient (Wildman–Crippen LogP) is 2.15. The number of amides is 1. The molecule has 3 aromatic rings. The molecule has 1 N–H and O–H groups in total. The SMILES string of the molecule is CCOc1cc2nn(C)cc2cc1C(=O)Nc1cnc(N2CCN(C)[C@@H](C)C2)cn1. The number of likely N-dealkylation sites (N-methyl/N-ethyl adjacent to an activating group) is 1. The lowest BCUT2D eigenvalue weighted by molar-refractivity contribution is 0.102. The van der Waals surface area contributed by atoms with Gasteiger partial charge in [0.25, 0.3) is 5.91 Å². The summed E-state index contributed by atoms with van der Waals surface area (Å²) >= 11 is 0. The molecule has 1 aliphatic heterocycles. The van der Waals surface area contributed by atoms with Gasteiger partial charge in [-0.1, -0.05) is 0 Å². The van der Waals surface area contributed by atoms with Gasteiger partial charge in [-0.05, 0) is 27.0 Å². The van der Waals surface area contributed by atoms with Crippen LogP contribution >= 0.6 is 0 Å². The lowest BCUT2D eigenvalue weighted by Crippen LogP contribution is -2.50. The average Bonchev–Trinajstić information content (AvgIpc) is 3.09. The van der Waals surface area contributed by atoms with E-state index in [0.29, 0.717) is 29.8 Å². The van der Waals surface area contributed by atoms with E-state index in [0.717, 1.165) is 36.4 Å². The molecule has 4 rings (SSSR count). The fourth-order valence-corrected chi connectivity index (χ4v) is 3.62. The first kappa shape index (κ1) is 20.1. The Labute approximate surface area is 175 Å². The highest BCUT2D eigenvalue weighted by atomic mass is 16.5. The number of aromatic nitrogens is 4. The molecule has 9 heteroatoms. The maximum atomic E-state index is 12.9. The number of carbonyl (C=O) groups is 1. The Hall–Kier alpha value is -3.20. The molecule has 0 aliphatic carbocycles. The Morgan fingerprint density at radius 1 is 1.23 bits per heavy atom. The number of hydrogen-bond donors (Lipinski definition) is 1. The normalized spacial score (nSPS) is 17.3. The highest BCUT2D eigenvalue weighted by Crippen LogP contribution is 2.26. The van der Waals surface area contributed by atoms with Gasteiger partial charge in [0.15, 0.2) is 5.82 Å². The topological polar surface area (TPSA) is 88.4 Å². The van der Waals surface area contributed by atoms with Gasteiger partial charge in [-0.15, -0.1) is 0 Å². The van der Waals surface area contributed by atoms with Crippen molar-refractivity contribution in [3.8, 4) is 5.75 Å². The number of carbonyl (C=O) groups excluding carboxylic acids is 1. The largest absolute Gasteiger partial charge is 0.493 e. The number of rotatable bonds is 5. The quantitative estimate of drug-likeness (QED) is 0.691. The molecule has 0 bridgehead atoms. The summed E-state index contributed by atoms with van der Waals surface area (Å²) in [5.41, 5.74) is 1.22. The Morgan fingerprint density at radius 3 is 2.77 bits per heavy atom. The number of ether oxygens (including phenoxy) is 1. The fraction of sp³-hybridized carbons (Fsp3) is 0.429. The summed E-state index contributed by atoms with van der Waals surface area (Å²) in [7, 11) is 3.98. The molecule has 0 unspecified atom stereocenters. The molecule has 3 heterocycles. The minimum atomic E-state index is -0.292. The van der Waals surface area contributed by atoms with E-state index in [9.17, 15) is 4.79 Å². The third-order valence-corrected chi connectivity index (χ3v) is 5.43. The molecule has 2 aromatic heterocycles. The van der Waals surface area contributed by atoms with E-state index in [4.69, 9.17) is 4.74 Å². The van der Waals surface area contributed by atoms with Gasteiger partial charge in [0, 0.05) is 50.4 Å². The lowest BCUT2D eigenvalue weighted by atomic mass is 10.1. The molecule has 1 atom stereocenters. The van der Waals surface area contributed by atoms with Crippen LogP contribution in [0.25, 0.3) is 10.9 Å². The van der Waals surface area contributed by atoms with E-state index in [-0.39, 0.29) is 5.91 Å². The van der Waals surface area contributed by atoms with Crippen molar-refractivity contribution in [1.82, 2.24) is 24.6 Å². The Balaban J connectivity index is 1.51. The standard InChI is InChI=1S/C21H27N7O2/c1-5-30-18-9-17-15(13-27(4)25-17)8-16(18)21(29)24-19-10-23-20(11-22-19)28-7-6-26(3)14(2)12-28/h8-11,13-14H,5-7,12H2,1-4H3,(H,22,24,29)/t14-/m0/s1. The van der Waals surface area contributed by atoms with Gasteiger partial charge in [0.05, 0.1) is 30.1 Å². The van der Waals surface area contributed by atoms with Gasteiger partial charge >= 0.3 is 0 Å². The Kier molecular flexibility index (Phi) is 5.54. The van der Waals surface area contributed by atoms with Crippen LogP contribution in [0, 0.1) is 0 Å². The summed E-state index contributed by atoms with van der Waals surface area (Å²) in [6.45, 7) is 7.33. The molecule has 0 spiro atoms. The molecule has 1 aliphatic rings. The van der Waals surface area contributed by atoms with Crippen molar-refractivity contribution in [1.29, 1.82) is 0 Å². The fourth-order valence-electron chi connectivity index (χ4n) is 3.62. The summed E-state index contributed by atoms with van der Waals surface area (Å²) in [6, 6.07) is 4.03. The smallest absolute Gasteiger partial charge is 0.260 e. The van der Waals surface area contributed by atoms with E-state index >= 15 is 0 Å². The van der Waals surface area contributed by atoms with Crippen molar-refractivity contribution in [2.24, 2.45) is 7.05 Å². The molecule has 30 heavy (non-hydrogen) atoms. The van der Waals surface area contributed by atoms with Crippen LogP contribution in [0.1, 0.15) is 24.2 Å². The lowest BCUT2D eigenvalue weighted by Gasteiger charge is -2.38. The second kappa shape index (κ2) is 8.27. The van der Waals surface area contributed by atoms with Crippen LogP contribution in [-0.4, -0.2) is 69.9 Å². The summed E-state index contributed by atoms with van der Waals surface area (Å²) < 4.78 is 7.39. The van der Waals surface area contributed by atoms with Gasteiger partial charge in [0.1, 0.15) is 11.6 Å². The monoisotopic (exact) mass is 409 g/mol. The molecule has 1 aromatic carbocycles. The second-order valence-electron chi connectivity index (χ2n) is 7.63. The van der Waals surface area contributed by atoms with Gasteiger partial charge in [-0.3, -0.25) is 9.48 Å². The average molecular weight is 409 g/mol. The molecule has 0 saturated carbocycles. The molecule has 1 amide bonds. The van der Waals surface area contributed by atoms with Crippen LogP contribution in [0.3, 0.4) is 0 Å². The van der Waals surface area contributed by atoms with Gasteiger partial charge < -0.3 is 19.9 Å². The van der Waals surface area contributed by atoms with Gasteiger partial charge in [-0.2, -0.15) is 5.10 Å². The number of benzene rings is 1. The molecular weight excluding hydrogens is 382 g/mol. The van der Waals surface area contributed by atoms with Crippen LogP contribution in [-0.2, 0) is 7.05 Å². The first-order chi connectivity index (χ1) is 14.4. The summed E-state index contributed by atoms with van der Waals surface area (Å²) in [5, 5.41) is 8.08. The van der Waals surface area contributed by atoms with Crippen LogP contribution in [0.5, 0.6) is 5.75 Å². The maximum Gasteiger partial charge on any atom is 0.260 e. The molecule has 1 fully saturated rings. The molecule has 0 radical (unpaired) electrons. The number of fused-ring (bicyclic) bond motifs is 1. The van der Waals surface area contributed by atoms with Gasteiger partial charge in [-0.25, -0.2) is 9.97 Å². The number of anilines is 2. The third kappa shape index (κ3) is 4.06. The maximum absolute atomic E-state index is 12.9. The number of aryl methyl sites for hydroxylation is 1. The molecule has 1 saturated heterocycles. The third-order valence-electron chi connectivity index (χ3n) is 5.43. The van der Waals surface area contributed by atoms with E-state index in [2.05, 4.69) is 44.2 Å². The molecule has 158 valence electrons. The van der Waals surface area contributed by atoms with Crippen molar-refractivity contribution in [3.05, 3.63) is 36.3 Å². The Bertz CT molecular complexity index is 1050. The summed E-state index contributed by atoms with van der Waals surface area (Å²) in [6.07, 6.45) is 5.17. The molecular formula is C21H27N7O2. The van der Waals surface area contributed by atoms with Crippen molar-refractivity contribution in [2.75, 3.05) is 43.5 Å². The van der Waals surface area contributed by atoms with Gasteiger partial charge in [0.2, 0.25) is 0 Å². The summed E-state index contributed by atoms with van der Waals surface area (Å²) in [5.74, 6) is 1.43. The zero-order valence-corrected chi connectivity index (χ0v) is 17.8. The number of hydrogen-bond acceptors (Lipinski definition) is 7. The Morgan fingerprint density at radius 2 is 2.07 bits per heavy atom. The molecule has 9 nitrogen and oxygen atoms in total. The van der Waals surface area contributed by atoms with E-state index in [1.807, 2.05) is 20.2 Å². The summed E-state index contributed by atoms with van der Waals surface area (Å²) in [4.78, 5) is 26.4. The first-order valence-corrected chi connectivity index (χ1v) is 10.1. The zero-order chi connectivity index (χ0) is 21.3. The minimum absolute atomic E-state index is 0.292. The minimum Gasteiger partial charge on any atom is -0.493 e. The van der Waals surface area contributed by atoms with E-state index in [1.165, 1.54) is 0 Å². The predicted molar refractivity (Wildman–Crippen MR) is 116 cm³/mol. The first-order valence-electron chi connectivity index (χ1n) is 10.1. The van der Waals surface area contributed by atoms with Crippen molar-refractivity contribution < 1.29 is 9.53 Å². The zero-order valence-electron chi connectivity index (χ0n) is 17.8. The van der Waals surface area contributed by atoms with Crippen molar-refractivity contribution in [2.45, 2.75) is 19.9 Å². The van der Waals surface area contributed by atoms with Crippen molar-refractivity contribution >= 4 is 28.4 Å². The van der Waals surface area contributed by atoms with E-state index < -0.39 is 0 Å². The highest BCUT2D eigenvalue weighted by Gasteiger charge is 2.22. The highest BCUT2D eigenvalue weighted by molar-refractivity contribution is 6.08. The van der Waals surface area contributed by atoms with Crippen molar-refractivity contribution in [3.63, 3.8) is 0 Å². The van der Waals surface area contributed by atoms with Crippen LogP contribution in [0.4, 0.5) is 11.6 Å². The number of piperazine rings is 1. The number of nitrogens with zero attached hydrogens (tertiary/aromatic N) is 6. The number of nitrogens with one attached hydrogen (secondary N) is 1.